The molecule has 0 unspecified atom stereocenters. The smallest absolute Gasteiger partial charge is 0.272 e. The number of rotatable bonds is 6. The zero-order valence-electron chi connectivity index (χ0n) is 18.0. The number of nitrogens with zero attached hydrogens (tertiary/aromatic N) is 3. The van der Waals surface area contributed by atoms with Gasteiger partial charge in [0.2, 0.25) is 11.8 Å². The Morgan fingerprint density at radius 3 is 2.55 bits per heavy atom. The Hall–Kier alpha value is -4.15. The van der Waals surface area contributed by atoms with Gasteiger partial charge in [-0.15, -0.1) is 10.2 Å². The first kappa shape index (κ1) is 22.1. The van der Waals surface area contributed by atoms with E-state index in [1.807, 2.05) is 6.92 Å². The summed E-state index contributed by atoms with van der Waals surface area (Å²) in [4.78, 5) is 63.2. The zero-order valence-corrected chi connectivity index (χ0v) is 18.0. The number of hydrogen-bond acceptors (Lipinski definition) is 8. The quantitative estimate of drug-likeness (QED) is 0.607. The third-order valence-corrected chi connectivity index (χ3v) is 5.64. The number of nitrogens with one attached hydrogen (secondary N) is 2. The molecule has 0 spiro atoms. The summed E-state index contributed by atoms with van der Waals surface area (Å²) < 4.78 is 5.19. The largest absolute Gasteiger partial charge is 0.477 e. The van der Waals surface area contributed by atoms with Gasteiger partial charge in [-0.05, 0) is 44.0 Å². The number of carbonyl (C=O) groups is 5. The van der Waals surface area contributed by atoms with Crippen LogP contribution in [0.3, 0.4) is 0 Å². The molecule has 2 aromatic rings. The van der Waals surface area contributed by atoms with Crippen molar-refractivity contribution in [2.24, 2.45) is 0 Å². The second-order valence-corrected chi connectivity index (χ2v) is 7.85. The second kappa shape index (κ2) is 8.41. The number of piperidine rings is 1. The highest BCUT2D eigenvalue weighted by atomic mass is 16.5. The minimum Gasteiger partial charge on any atom is -0.477 e. The van der Waals surface area contributed by atoms with Gasteiger partial charge < -0.3 is 10.1 Å². The lowest BCUT2D eigenvalue weighted by atomic mass is 9.89. The lowest BCUT2D eigenvalue weighted by Crippen LogP contribution is -2.62. The Kier molecular flexibility index (Phi) is 5.62. The SMILES string of the molecule is CCOc1ccc(C(=O)NCc2ccc3c(c2)C(=O)N([C@@]2(C)CCC(=O)NC2=O)C3=O)nn1. The van der Waals surface area contributed by atoms with Crippen molar-refractivity contribution < 1.29 is 28.7 Å². The maximum Gasteiger partial charge on any atom is 0.272 e. The maximum absolute atomic E-state index is 13.1. The zero-order chi connectivity index (χ0) is 23.8. The first-order chi connectivity index (χ1) is 15.7. The maximum atomic E-state index is 13.1. The molecule has 0 radical (unpaired) electrons. The number of fused-ring (bicyclic) bond motifs is 1. The van der Waals surface area contributed by atoms with Crippen LogP contribution in [0.1, 0.15) is 63.5 Å². The summed E-state index contributed by atoms with van der Waals surface area (Å²) in [6, 6.07) is 7.63. The van der Waals surface area contributed by atoms with Crippen molar-refractivity contribution in [3.8, 4) is 5.88 Å². The van der Waals surface area contributed by atoms with E-state index in [4.69, 9.17) is 4.74 Å². The van der Waals surface area contributed by atoms with Gasteiger partial charge >= 0.3 is 0 Å². The van der Waals surface area contributed by atoms with Crippen molar-refractivity contribution >= 4 is 29.5 Å². The Bertz CT molecular complexity index is 1180. The predicted molar refractivity (Wildman–Crippen MR) is 112 cm³/mol. The van der Waals surface area contributed by atoms with Crippen LogP contribution >= 0.6 is 0 Å². The molecule has 4 rings (SSSR count). The molecule has 33 heavy (non-hydrogen) atoms. The van der Waals surface area contributed by atoms with Crippen LogP contribution < -0.4 is 15.4 Å². The topological polar surface area (TPSA) is 148 Å². The molecular formula is C22H21N5O6. The van der Waals surface area contributed by atoms with Gasteiger partial charge in [-0.1, -0.05) is 6.07 Å². The molecule has 11 heteroatoms. The second-order valence-electron chi connectivity index (χ2n) is 7.85. The highest BCUT2D eigenvalue weighted by molar-refractivity contribution is 6.24. The standard InChI is InChI=1S/C22H21N5O6/c1-3-33-17-7-6-15(25-26-17)18(29)23-11-12-4-5-13-14(10-12)20(31)27(19(13)30)22(2)9-8-16(28)24-21(22)32/h4-7,10H,3,8-9,11H2,1-2H3,(H,23,29)(H,24,28,32)/t22-/m0/s1. The third kappa shape index (κ3) is 3.93. The molecule has 3 heterocycles. The molecule has 2 aliphatic heterocycles. The summed E-state index contributed by atoms with van der Waals surface area (Å²) in [7, 11) is 0. The number of benzene rings is 1. The minimum atomic E-state index is -1.46. The van der Waals surface area contributed by atoms with E-state index < -0.39 is 35.1 Å². The lowest BCUT2D eigenvalue weighted by Gasteiger charge is -2.38. The minimum absolute atomic E-state index is 0.0291. The van der Waals surface area contributed by atoms with Crippen LogP contribution in [0.5, 0.6) is 5.88 Å². The number of aromatic nitrogens is 2. The van der Waals surface area contributed by atoms with Crippen LogP contribution in [0.15, 0.2) is 30.3 Å². The average Bonchev–Trinajstić information content (AvgIpc) is 3.05. The van der Waals surface area contributed by atoms with Crippen LogP contribution in [0, 0.1) is 0 Å². The summed E-state index contributed by atoms with van der Waals surface area (Å²) in [6.45, 7) is 3.78. The van der Waals surface area contributed by atoms with Crippen molar-refractivity contribution in [3.63, 3.8) is 0 Å². The normalized spacial score (nSPS) is 19.9. The predicted octanol–water partition coefficient (Wildman–Crippen LogP) is 0.597. The third-order valence-electron chi connectivity index (χ3n) is 5.64. The van der Waals surface area contributed by atoms with Crippen LogP contribution in [0.4, 0.5) is 0 Å². The summed E-state index contributed by atoms with van der Waals surface area (Å²) in [5.74, 6) is -2.49. The fourth-order valence-corrected chi connectivity index (χ4v) is 3.79. The first-order valence-electron chi connectivity index (χ1n) is 10.4. The molecule has 2 aliphatic rings. The highest BCUT2D eigenvalue weighted by Crippen LogP contribution is 2.34. The van der Waals surface area contributed by atoms with Crippen LogP contribution in [0.2, 0.25) is 0 Å². The van der Waals surface area contributed by atoms with Crippen molar-refractivity contribution in [1.82, 2.24) is 25.7 Å². The van der Waals surface area contributed by atoms with Crippen LogP contribution in [-0.4, -0.2) is 56.8 Å². The summed E-state index contributed by atoms with van der Waals surface area (Å²) in [6.07, 6.45) is 0.0799. The van der Waals surface area contributed by atoms with Crippen molar-refractivity contribution in [2.75, 3.05) is 6.61 Å². The van der Waals surface area contributed by atoms with Gasteiger partial charge in [0.25, 0.3) is 23.6 Å². The van der Waals surface area contributed by atoms with Crippen molar-refractivity contribution in [1.29, 1.82) is 0 Å². The van der Waals surface area contributed by atoms with E-state index in [-0.39, 0.29) is 36.2 Å². The van der Waals surface area contributed by atoms with Gasteiger partial charge in [0.05, 0.1) is 17.7 Å². The van der Waals surface area contributed by atoms with Gasteiger partial charge in [0, 0.05) is 19.0 Å². The molecule has 1 fully saturated rings. The monoisotopic (exact) mass is 451 g/mol. The number of amides is 5. The van der Waals surface area contributed by atoms with Crippen LogP contribution in [-0.2, 0) is 16.1 Å². The molecule has 170 valence electrons. The summed E-state index contributed by atoms with van der Waals surface area (Å²) >= 11 is 0. The molecule has 1 aromatic heterocycles. The fraction of sp³-hybridized carbons (Fsp3) is 0.318. The molecule has 0 aliphatic carbocycles. The van der Waals surface area contributed by atoms with Gasteiger partial charge in [-0.2, -0.15) is 0 Å². The Morgan fingerprint density at radius 2 is 1.88 bits per heavy atom. The van der Waals surface area contributed by atoms with Gasteiger partial charge in [-0.3, -0.25) is 34.2 Å². The number of imide groups is 2. The number of hydrogen-bond donors (Lipinski definition) is 2. The molecule has 0 bridgehead atoms. The van der Waals surface area contributed by atoms with E-state index in [0.717, 1.165) is 4.90 Å². The van der Waals surface area contributed by atoms with E-state index in [1.54, 1.807) is 6.07 Å². The van der Waals surface area contributed by atoms with Crippen LogP contribution in [0.25, 0.3) is 0 Å². The van der Waals surface area contributed by atoms with E-state index >= 15 is 0 Å². The molecule has 2 N–H and O–H groups in total. The van der Waals surface area contributed by atoms with Gasteiger partial charge in [-0.25, -0.2) is 0 Å². The molecule has 1 aromatic carbocycles. The van der Waals surface area contributed by atoms with E-state index in [1.165, 1.54) is 31.2 Å². The number of carbonyl (C=O) groups excluding carboxylic acids is 5. The van der Waals surface area contributed by atoms with Crippen molar-refractivity contribution in [3.05, 3.63) is 52.7 Å². The Morgan fingerprint density at radius 1 is 1.12 bits per heavy atom. The molecule has 11 nitrogen and oxygen atoms in total. The summed E-state index contributed by atoms with van der Waals surface area (Å²) in [5, 5.41) is 12.5. The fourth-order valence-electron chi connectivity index (χ4n) is 3.79. The molecule has 1 atom stereocenters. The molecule has 0 saturated carbocycles. The Balaban J connectivity index is 1.48. The lowest BCUT2D eigenvalue weighted by molar-refractivity contribution is -0.140. The van der Waals surface area contributed by atoms with Gasteiger partial charge in [0.15, 0.2) is 5.69 Å². The van der Waals surface area contributed by atoms with E-state index in [2.05, 4.69) is 20.8 Å². The van der Waals surface area contributed by atoms with Gasteiger partial charge in [0.1, 0.15) is 5.54 Å². The summed E-state index contributed by atoms with van der Waals surface area (Å²) in [5.41, 5.74) is -0.473. The molecular weight excluding hydrogens is 430 g/mol. The highest BCUT2D eigenvalue weighted by Gasteiger charge is 2.52. The van der Waals surface area contributed by atoms with Crippen molar-refractivity contribution in [2.45, 2.75) is 38.8 Å². The Labute approximate surface area is 188 Å². The number of ether oxygens (including phenoxy) is 1. The first-order valence-corrected chi connectivity index (χ1v) is 10.4. The molecule has 1 saturated heterocycles. The average molecular weight is 451 g/mol. The molecule has 5 amide bonds. The van der Waals surface area contributed by atoms with E-state index in [0.29, 0.717) is 18.1 Å². The van der Waals surface area contributed by atoms with E-state index in [9.17, 15) is 24.0 Å².